The summed E-state index contributed by atoms with van der Waals surface area (Å²) in [4.78, 5) is 15.9. The van der Waals surface area contributed by atoms with Gasteiger partial charge >= 0.3 is 0 Å². The monoisotopic (exact) mass is 206 g/mol. The number of nitrogens with zero attached hydrogens (tertiary/aromatic N) is 4. The lowest BCUT2D eigenvalue weighted by molar-refractivity contribution is 0.529. The molecule has 0 aromatic carbocycles. The third-order valence-electron chi connectivity index (χ3n) is 2.13. The molecule has 80 valence electrons. The van der Waals surface area contributed by atoms with Crippen molar-refractivity contribution >= 4 is 5.78 Å². The first-order chi connectivity index (χ1) is 7.08. The van der Waals surface area contributed by atoms with Crippen molar-refractivity contribution < 1.29 is 0 Å². The lowest BCUT2D eigenvalue weighted by Gasteiger charge is -2.05. The number of hydrogen-bond donors (Lipinski definition) is 0. The maximum Gasteiger partial charge on any atom is 0.275 e. The maximum atomic E-state index is 11.5. The Bertz CT molecular complexity index is 538. The van der Waals surface area contributed by atoms with Crippen LogP contribution in [0.2, 0.25) is 0 Å². The lowest BCUT2D eigenvalue weighted by Crippen LogP contribution is -2.16. The van der Waals surface area contributed by atoms with Gasteiger partial charge in [-0.2, -0.15) is 9.61 Å². The highest BCUT2D eigenvalue weighted by Crippen LogP contribution is 2.03. The summed E-state index contributed by atoms with van der Waals surface area (Å²) in [6.45, 7) is 6.86. The summed E-state index contributed by atoms with van der Waals surface area (Å²) in [6, 6.07) is 1.49. The Morgan fingerprint density at radius 1 is 1.47 bits per heavy atom. The number of aryl methyl sites for hydroxylation is 1. The van der Waals surface area contributed by atoms with Gasteiger partial charge < -0.3 is 0 Å². The van der Waals surface area contributed by atoms with Gasteiger partial charge in [-0.1, -0.05) is 13.8 Å². The average molecular weight is 206 g/mol. The number of aromatic nitrogens is 4. The van der Waals surface area contributed by atoms with Crippen molar-refractivity contribution in [2.45, 2.75) is 27.3 Å². The van der Waals surface area contributed by atoms with E-state index in [-0.39, 0.29) is 5.56 Å². The molecule has 0 atom stereocenters. The molecule has 2 rings (SSSR count). The molecule has 0 aliphatic rings. The Labute approximate surface area is 87.4 Å². The summed E-state index contributed by atoms with van der Waals surface area (Å²) in [6.07, 6.45) is 1.66. The molecule has 0 aliphatic carbocycles. The van der Waals surface area contributed by atoms with Crippen molar-refractivity contribution in [3.63, 3.8) is 0 Å². The van der Waals surface area contributed by atoms with Gasteiger partial charge in [-0.05, 0) is 12.8 Å². The van der Waals surface area contributed by atoms with E-state index in [2.05, 4.69) is 23.9 Å². The standard InChI is InChI=1S/C10H14N4O/c1-7(2)5-13-6-11-14-9(15)4-8(3)12-10(13)14/h4,6-7H,5H2,1-3H3. The van der Waals surface area contributed by atoms with Gasteiger partial charge in [0.2, 0.25) is 5.78 Å². The molecular weight excluding hydrogens is 192 g/mol. The molecule has 0 saturated heterocycles. The largest absolute Gasteiger partial charge is 0.299 e. The van der Waals surface area contributed by atoms with Gasteiger partial charge in [0.25, 0.3) is 5.56 Å². The van der Waals surface area contributed by atoms with E-state index in [1.54, 1.807) is 6.33 Å². The van der Waals surface area contributed by atoms with E-state index in [1.165, 1.54) is 10.6 Å². The first-order valence-corrected chi connectivity index (χ1v) is 5.00. The number of rotatable bonds is 2. The molecule has 0 radical (unpaired) electrons. The quantitative estimate of drug-likeness (QED) is 0.732. The molecule has 0 N–H and O–H groups in total. The normalized spacial score (nSPS) is 11.5. The molecule has 15 heavy (non-hydrogen) atoms. The topological polar surface area (TPSA) is 52.2 Å². The molecule has 2 aromatic heterocycles. The third-order valence-corrected chi connectivity index (χ3v) is 2.13. The molecule has 0 unspecified atom stereocenters. The smallest absolute Gasteiger partial charge is 0.275 e. The molecule has 0 bridgehead atoms. The molecule has 0 spiro atoms. The van der Waals surface area contributed by atoms with E-state index >= 15 is 0 Å². The van der Waals surface area contributed by atoms with E-state index in [4.69, 9.17) is 0 Å². The average Bonchev–Trinajstić information content (AvgIpc) is 2.48. The van der Waals surface area contributed by atoms with Crippen LogP contribution in [0.4, 0.5) is 0 Å². The highest BCUT2D eigenvalue weighted by molar-refractivity contribution is 5.28. The highest BCUT2D eigenvalue weighted by atomic mass is 16.1. The number of fused-ring (bicyclic) bond motifs is 1. The molecule has 0 amide bonds. The van der Waals surface area contributed by atoms with Gasteiger partial charge in [-0.25, -0.2) is 4.98 Å². The van der Waals surface area contributed by atoms with Crippen LogP contribution in [0.3, 0.4) is 0 Å². The van der Waals surface area contributed by atoms with Crippen LogP contribution >= 0.6 is 0 Å². The van der Waals surface area contributed by atoms with Crippen molar-refractivity contribution in [3.05, 3.63) is 28.4 Å². The summed E-state index contributed by atoms with van der Waals surface area (Å²) in [5.74, 6) is 1.12. The second kappa shape index (κ2) is 3.49. The molecule has 5 nitrogen and oxygen atoms in total. The SMILES string of the molecule is Cc1cc(=O)n2ncn(CC(C)C)c2n1. The van der Waals surface area contributed by atoms with Crippen LogP contribution in [-0.4, -0.2) is 19.2 Å². The summed E-state index contributed by atoms with van der Waals surface area (Å²) in [5.41, 5.74) is 0.602. The Morgan fingerprint density at radius 3 is 2.87 bits per heavy atom. The van der Waals surface area contributed by atoms with Crippen molar-refractivity contribution in [2.24, 2.45) is 5.92 Å². The van der Waals surface area contributed by atoms with Crippen LogP contribution in [0.15, 0.2) is 17.2 Å². The zero-order valence-electron chi connectivity index (χ0n) is 9.14. The zero-order valence-corrected chi connectivity index (χ0v) is 9.14. The van der Waals surface area contributed by atoms with Crippen molar-refractivity contribution in [1.82, 2.24) is 19.2 Å². The Kier molecular flexibility index (Phi) is 2.30. The van der Waals surface area contributed by atoms with Gasteiger partial charge in [0.05, 0.1) is 0 Å². The van der Waals surface area contributed by atoms with Crippen LogP contribution in [0.5, 0.6) is 0 Å². The minimum atomic E-state index is -0.125. The van der Waals surface area contributed by atoms with Gasteiger partial charge in [-0.3, -0.25) is 9.36 Å². The molecule has 0 saturated carbocycles. The molecule has 0 fully saturated rings. The first-order valence-electron chi connectivity index (χ1n) is 5.00. The second-order valence-electron chi connectivity index (χ2n) is 4.12. The Morgan fingerprint density at radius 2 is 2.20 bits per heavy atom. The highest BCUT2D eigenvalue weighted by Gasteiger charge is 2.07. The molecule has 5 heteroatoms. The minimum Gasteiger partial charge on any atom is -0.299 e. The maximum absolute atomic E-state index is 11.5. The van der Waals surface area contributed by atoms with Gasteiger partial charge in [0, 0.05) is 18.3 Å². The summed E-state index contributed by atoms with van der Waals surface area (Å²) < 4.78 is 3.23. The van der Waals surface area contributed by atoms with E-state index in [0.29, 0.717) is 11.7 Å². The van der Waals surface area contributed by atoms with E-state index in [1.807, 2.05) is 11.5 Å². The van der Waals surface area contributed by atoms with Crippen molar-refractivity contribution in [2.75, 3.05) is 0 Å². The van der Waals surface area contributed by atoms with Crippen LogP contribution in [0, 0.1) is 12.8 Å². The predicted octanol–water partition coefficient (Wildman–Crippen LogP) is 0.855. The first kappa shape index (κ1) is 9.89. The van der Waals surface area contributed by atoms with Crippen LogP contribution < -0.4 is 5.56 Å². The van der Waals surface area contributed by atoms with Crippen molar-refractivity contribution in [3.8, 4) is 0 Å². The van der Waals surface area contributed by atoms with E-state index in [0.717, 1.165) is 12.2 Å². The second-order valence-corrected chi connectivity index (χ2v) is 4.12. The van der Waals surface area contributed by atoms with Crippen LogP contribution in [0.1, 0.15) is 19.5 Å². The molecular formula is C10H14N4O. The van der Waals surface area contributed by atoms with Crippen molar-refractivity contribution in [1.29, 1.82) is 0 Å². The van der Waals surface area contributed by atoms with Crippen LogP contribution in [-0.2, 0) is 6.54 Å². The Hall–Kier alpha value is -1.65. The molecule has 2 heterocycles. The fourth-order valence-electron chi connectivity index (χ4n) is 1.56. The molecule has 2 aromatic rings. The van der Waals surface area contributed by atoms with Crippen LogP contribution in [0.25, 0.3) is 5.78 Å². The Balaban J connectivity index is 2.63. The predicted molar refractivity (Wildman–Crippen MR) is 56.8 cm³/mol. The fourth-order valence-corrected chi connectivity index (χ4v) is 1.56. The summed E-state index contributed by atoms with van der Waals surface area (Å²) in [5, 5.41) is 4.02. The minimum absolute atomic E-state index is 0.125. The third kappa shape index (κ3) is 1.77. The summed E-state index contributed by atoms with van der Waals surface area (Å²) >= 11 is 0. The van der Waals surface area contributed by atoms with Gasteiger partial charge in [0.1, 0.15) is 6.33 Å². The lowest BCUT2D eigenvalue weighted by atomic mass is 10.2. The van der Waals surface area contributed by atoms with E-state index < -0.39 is 0 Å². The van der Waals surface area contributed by atoms with E-state index in [9.17, 15) is 4.79 Å². The van der Waals surface area contributed by atoms with Gasteiger partial charge in [-0.15, -0.1) is 0 Å². The summed E-state index contributed by atoms with van der Waals surface area (Å²) in [7, 11) is 0. The van der Waals surface area contributed by atoms with Gasteiger partial charge in [0.15, 0.2) is 0 Å². The number of hydrogen-bond acceptors (Lipinski definition) is 3. The molecule has 0 aliphatic heterocycles. The fraction of sp³-hybridized carbons (Fsp3) is 0.500. The zero-order chi connectivity index (χ0) is 11.0.